The molecule has 3 aliphatic heterocycles. The van der Waals surface area contributed by atoms with Gasteiger partial charge < -0.3 is 29.9 Å². The molecule has 0 bridgehead atoms. The number of anilines is 1. The number of hydrogen-bond acceptors (Lipinski definition) is 10. The lowest BCUT2D eigenvalue weighted by molar-refractivity contribution is -0.136. The predicted molar refractivity (Wildman–Crippen MR) is 199 cm³/mol. The highest BCUT2D eigenvalue weighted by atomic mass is 19.4. The fourth-order valence-electron chi connectivity index (χ4n) is 7.30. The van der Waals surface area contributed by atoms with Gasteiger partial charge in [-0.05, 0) is 66.4 Å². The fourth-order valence-corrected chi connectivity index (χ4v) is 7.30. The van der Waals surface area contributed by atoms with Gasteiger partial charge >= 0.3 is 11.9 Å². The standard InChI is InChI=1S/C38H46F3N9O4/c1-45(36(52)27-6-8-29(9-7-27)48-16-12-42-13-17-48)18-19-54-31-10-14-47(15-11-31)22-26-20-32(38(39,40)41)33-24-49(37(53)50(33)23-26)30-5-3-4-28(21-30)34(51)35-44-43-25-46(35)2/h3-9,20-21,23-24,31,34,42-43,51H,10-19,22,25H2,1-2H3/t34-/m1/s1. The molecule has 2 aromatic carbocycles. The number of aromatic nitrogens is 2. The van der Waals surface area contributed by atoms with Crippen LogP contribution in [0.5, 0.6) is 0 Å². The quantitative estimate of drug-likeness (QED) is 0.213. The Kier molecular flexibility index (Phi) is 11.0. The number of piperidine rings is 1. The zero-order chi connectivity index (χ0) is 38.0. The van der Waals surface area contributed by atoms with E-state index in [2.05, 4.69) is 25.6 Å². The summed E-state index contributed by atoms with van der Waals surface area (Å²) in [5, 5.41) is 18.4. The summed E-state index contributed by atoms with van der Waals surface area (Å²) >= 11 is 0. The summed E-state index contributed by atoms with van der Waals surface area (Å²) in [6.45, 7) is 6.46. The van der Waals surface area contributed by atoms with Crippen LogP contribution in [0.2, 0.25) is 0 Å². The topological polar surface area (TPSA) is 122 Å². The van der Waals surface area contributed by atoms with Crippen LogP contribution in [0.3, 0.4) is 0 Å². The van der Waals surface area contributed by atoms with Crippen molar-refractivity contribution in [2.45, 2.75) is 37.8 Å². The maximum absolute atomic E-state index is 14.4. The van der Waals surface area contributed by atoms with Gasteiger partial charge in [0.1, 0.15) is 12.8 Å². The van der Waals surface area contributed by atoms with Gasteiger partial charge in [0.25, 0.3) is 5.91 Å². The number of fused-ring (bicyclic) bond motifs is 1. The lowest BCUT2D eigenvalue weighted by Crippen LogP contribution is -2.43. The first-order chi connectivity index (χ1) is 26.0. The molecule has 1 atom stereocenters. The summed E-state index contributed by atoms with van der Waals surface area (Å²) in [6, 6.07) is 15.3. The fraction of sp³-hybridized carbons (Fsp3) is 0.447. The number of piperazine rings is 1. The molecule has 2 fully saturated rings. The van der Waals surface area contributed by atoms with Gasteiger partial charge in [0.05, 0.1) is 29.5 Å². The van der Waals surface area contributed by atoms with E-state index >= 15 is 0 Å². The average Bonchev–Trinajstić information content (AvgIpc) is 3.76. The Morgan fingerprint density at radius 3 is 2.46 bits per heavy atom. The highest BCUT2D eigenvalue weighted by Crippen LogP contribution is 2.34. The molecule has 0 unspecified atom stereocenters. The van der Waals surface area contributed by atoms with Gasteiger partial charge in [-0.25, -0.2) is 4.79 Å². The van der Waals surface area contributed by atoms with Gasteiger partial charge in [0.2, 0.25) is 0 Å². The molecule has 13 nitrogen and oxygen atoms in total. The summed E-state index contributed by atoms with van der Waals surface area (Å²) < 4.78 is 51.6. The highest BCUT2D eigenvalue weighted by molar-refractivity contribution is 5.94. The minimum Gasteiger partial charge on any atom is -0.380 e. The molecular weight excluding hydrogens is 703 g/mol. The first-order valence-electron chi connectivity index (χ1n) is 18.3. The van der Waals surface area contributed by atoms with Crippen LogP contribution in [0, 0.1) is 0 Å². The van der Waals surface area contributed by atoms with E-state index < -0.39 is 23.5 Å². The van der Waals surface area contributed by atoms with Crippen molar-refractivity contribution in [2.75, 3.05) is 78.1 Å². The van der Waals surface area contributed by atoms with Gasteiger partial charge in [-0.1, -0.05) is 12.1 Å². The number of carbonyl (C=O) groups is 1. The smallest absolute Gasteiger partial charge is 0.380 e. The number of likely N-dealkylation sites (N-methyl/N-ethyl adjacent to an activating group) is 2. The summed E-state index contributed by atoms with van der Waals surface area (Å²) in [4.78, 5) is 34.4. The number of likely N-dealkylation sites (tertiary alicyclic amines) is 1. The summed E-state index contributed by atoms with van der Waals surface area (Å²) in [5.41, 5.74) is 3.86. The number of hydrazone groups is 1. The molecule has 16 heteroatoms. The van der Waals surface area contributed by atoms with Crippen molar-refractivity contribution >= 4 is 22.9 Å². The Morgan fingerprint density at radius 2 is 1.78 bits per heavy atom. The summed E-state index contributed by atoms with van der Waals surface area (Å²) in [7, 11) is 3.53. The van der Waals surface area contributed by atoms with Crippen LogP contribution in [0.15, 0.2) is 76.9 Å². The maximum atomic E-state index is 14.4. The zero-order valence-corrected chi connectivity index (χ0v) is 30.4. The number of nitrogens with zero attached hydrogens (tertiary/aromatic N) is 7. The molecule has 0 aliphatic carbocycles. The molecule has 5 heterocycles. The first kappa shape index (κ1) is 37.4. The van der Waals surface area contributed by atoms with E-state index in [9.17, 15) is 27.9 Å². The van der Waals surface area contributed by atoms with Crippen LogP contribution in [0.1, 0.15) is 46.0 Å². The van der Waals surface area contributed by atoms with Crippen molar-refractivity contribution in [3.63, 3.8) is 0 Å². The van der Waals surface area contributed by atoms with Crippen LogP contribution >= 0.6 is 0 Å². The molecule has 2 saturated heterocycles. The van der Waals surface area contributed by atoms with Crippen molar-refractivity contribution in [1.29, 1.82) is 0 Å². The van der Waals surface area contributed by atoms with Gasteiger partial charge in [0.15, 0.2) is 5.84 Å². The van der Waals surface area contributed by atoms with E-state index in [1.54, 1.807) is 48.2 Å². The van der Waals surface area contributed by atoms with Gasteiger partial charge in [0, 0.05) is 90.1 Å². The normalized spacial score (nSPS) is 17.9. The van der Waals surface area contributed by atoms with Crippen LogP contribution in [0.25, 0.3) is 11.2 Å². The van der Waals surface area contributed by atoms with Crippen molar-refractivity contribution < 1.29 is 27.8 Å². The number of hydrogen-bond donors (Lipinski definition) is 3. The van der Waals surface area contributed by atoms with Gasteiger partial charge in [-0.2, -0.15) is 18.3 Å². The second-order valence-corrected chi connectivity index (χ2v) is 14.1. The second kappa shape index (κ2) is 15.8. The largest absolute Gasteiger partial charge is 0.418 e. The maximum Gasteiger partial charge on any atom is 0.418 e. The SMILES string of the molecule is CN(CCOC1CCN(Cc2cc(C(F)(F)F)c3cn(-c4cccc([C@@H](O)C5=NNCN5C)c4)c(=O)n3c2)CC1)C(=O)c1ccc(N2CCNCC2)cc1. The number of pyridine rings is 1. The molecular formula is C38H46F3N9O4. The average molecular weight is 750 g/mol. The minimum absolute atomic E-state index is 0.0281. The third kappa shape index (κ3) is 8.11. The molecule has 2 aromatic heterocycles. The number of nitrogens with one attached hydrogen (secondary N) is 2. The molecule has 0 saturated carbocycles. The van der Waals surface area contributed by atoms with Crippen LogP contribution in [-0.2, 0) is 17.5 Å². The summed E-state index contributed by atoms with van der Waals surface area (Å²) in [5.74, 6) is 0.321. The number of ether oxygens (including phenoxy) is 1. The van der Waals surface area contributed by atoms with E-state index in [0.29, 0.717) is 74.0 Å². The molecule has 3 N–H and O–H groups in total. The Hall–Kier alpha value is -4.90. The molecule has 0 radical (unpaired) electrons. The molecule has 54 heavy (non-hydrogen) atoms. The van der Waals surface area contributed by atoms with Crippen LogP contribution < -0.4 is 21.3 Å². The number of amidine groups is 1. The van der Waals surface area contributed by atoms with Gasteiger partial charge in [-0.15, -0.1) is 0 Å². The molecule has 4 aromatic rings. The number of alkyl halides is 3. The molecule has 1 amide bonds. The first-order valence-corrected chi connectivity index (χ1v) is 18.3. The Balaban J connectivity index is 0.955. The number of amides is 1. The van der Waals surface area contributed by atoms with E-state index in [1.807, 2.05) is 24.3 Å². The number of aliphatic hydroxyl groups excluding tert-OH is 1. The molecule has 288 valence electrons. The van der Waals surface area contributed by atoms with Crippen LogP contribution in [0.4, 0.5) is 18.9 Å². The van der Waals surface area contributed by atoms with Crippen LogP contribution in [-0.4, -0.2) is 120 Å². The lowest BCUT2D eigenvalue weighted by atomic mass is 10.1. The molecule has 3 aliphatic rings. The van der Waals surface area contributed by atoms with E-state index in [1.165, 1.54) is 17.0 Å². The number of aliphatic hydroxyl groups is 1. The Bertz CT molecular complexity index is 2030. The number of benzene rings is 2. The summed E-state index contributed by atoms with van der Waals surface area (Å²) in [6.07, 6.45) is -1.76. The number of halogens is 3. The third-order valence-corrected chi connectivity index (χ3v) is 10.4. The number of imidazole rings is 1. The Morgan fingerprint density at radius 1 is 1.04 bits per heavy atom. The zero-order valence-electron chi connectivity index (χ0n) is 30.4. The third-order valence-electron chi connectivity index (χ3n) is 10.4. The molecule has 0 spiro atoms. The van der Waals surface area contributed by atoms with E-state index in [4.69, 9.17) is 4.74 Å². The molecule has 7 rings (SSSR count). The van der Waals surface area contributed by atoms with Crippen molar-refractivity contribution in [1.82, 2.24) is 34.4 Å². The predicted octanol–water partition coefficient (Wildman–Crippen LogP) is 3.11. The lowest BCUT2D eigenvalue weighted by Gasteiger charge is -2.32. The number of rotatable bonds is 11. The van der Waals surface area contributed by atoms with Gasteiger partial charge in [-0.3, -0.25) is 24.1 Å². The number of carbonyl (C=O) groups excluding carboxylic acids is 1. The Labute approximate surface area is 311 Å². The highest BCUT2D eigenvalue weighted by Gasteiger charge is 2.35. The van der Waals surface area contributed by atoms with Crippen molar-refractivity contribution in [3.8, 4) is 5.69 Å². The minimum atomic E-state index is -4.69. The van der Waals surface area contributed by atoms with Crippen molar-refractivity contribution in [2.24, 2.45) is 5.10 Å². The second-order valence-electron chi connectivity index (χ2n) is 14.1. The monoisotopic (exact) mass is 749 g/mol. The van der Waals surface area contributed by atoms with Crippen molar-refractivity contribution in [3.05, 3.63) is 99.7 Å². The van der Waals surface area contributed by atoms with E-state index in [-0.39, 0.29) is 24.1 Å². The van der Waals surface area contributed by atoms with E-state index in [0.717, 1.165) is 42.3 Å².